The molecule has 0 aliphatic carbocycles. The Bertz CT molecular complexity index is 354. The first-order chi connectivity index (χ1) is 8.33. The summed E-state index contributed by atoms with van der Waals surface area (Å²) in [6.45, 7) is 6.02. The van der Waals surface area contributed by atoms with E-state index in [4.69, 9.17) is 9.84 Å². The Balaban J connectivity index is 1.98. The van der Waals surface area contributed by atoms with Crippen molar-refractivity contribution in [2.75, 3.05) is 26.3 Å². The number of nitrogens with zero attached hydrogens (tertiary/aromatic N) is 1. The number of aliphatic hydroxyl groups excluding tert-OH is 1. The Morgan fingerprint density at radius 2 is 2.24 bits per heavy atom. The molecule has 0 spiro atoms. The zero-order valence-corrected chi connectivity index (χ0v) is 10.4. The number of benzene rings is 1. The summed E-state index contributed by atoms with van der Waals surface area (Å²) in [4.78, 5) is 2.39. The van der Waals surface area contributed by atoms with Crippen LogP contribution in [0, 0.1) is 5.92 Å². The summed E-state index contributed by atoms with van der Waals surface area (Å²) in [5.41, 5.74) is 1.24. The van der Waals surface area contributed by atoms with Crippen LogP contribution in [0.4, 0.5) is 0 Å². The van der Waals surface area contributed by atoms with Crippen molar-refractivity contribution in [2.24, 2.45) is 5.92 Å². The van der Waals surface area contributed by atoms with E-state index in [1.807, 2.05) is 19.1 Å². The molecule has 1 saturated heterocycles. The maximum atomic E-state index is 9.14. The van der Waals surface area contributed by atoms with Crippen LogP contribution < -0.4 is 4.74 Å². The molecule has 1 heterocycles. The lowest BCUT2D eigenvalue weighted by Crippen LogP contribution is -2.21. The largest absolute Gasteiger partial charge is 0.494 e. The van der Waals surface area contributed by atoms with E-state index in [0.29, 0.717) is 19.1 Å². The highest BCUT2D eigenvalue weighted by molar-refractivity contribution is 5.33. The molecule has 0 unspecified atom stereocenters. The van der Waals surface area contributed by atoms with Gasteiger partial charge in [0.2, 0.25) is 0 Å². The third-order valence-corrected chi connectivity index (χ3v) is 3.29. The van der Waals surface area contributed by atoms with Gasteiger partial charge in [-0.2, -0.15) is 0 Å². The van der Waals surface area contributed by atoms with E-state index >= 15 is 0 Å². The van der Waals surface area contributed by atoms with Crippen LogP contribution in [0.25, 0.3) is 0 Å². The first-order valence-corrected chi connectivity index (χ1v) is 6.37. The van der Waals surface area contributed by atoms with Crippen molar-refractivity contribution in [1.82, 2.24) is 4.90 Å². The van der Waals surface area contributed by atoms with Gasteiger partial charge in [0.15, 0.2) is 0 Å². The van der Waals surface area contributed by atoms with Crippen molar-refractivity contribution in [1.29, 1.82) is 0 Å². The quantitative estimate of drug-likeness (QED) is 0.846. The normalized spacial score (nSPS) is 20.7. The molecule has 0 radical (unpaired) electrons. The zero-order valence-electron chi connectivity index (χ0n) is 10.4. The monoisotopic (exact) mass is 235 g/mol. The molecule has 3 nitrogen and oxygen atoms in total. The van der Waals surface area contributed by atoms with Gasteiger partial charge >= 0.3 is 0 Å². The lowest BCUT2D eigenvalue weighted by atomic mass is 10.1. The Hall–Kier alpha value is -1.06. The maximum Gasteiger partial charge on any atom is 0.123 e. The van der Waals surface area contributed by atoms with Crippen molar-refractivity contribution in [3.05, 3.63) is 29.8 Å². The number of likely N-dealkylation sites (tertiary alicyclic amines) is 1. The van der Waals surface area contributed by atoms with Crippen LogP contribution >= 0.6 is 0 Å². The molecule has 3 heteroatoms. The molecule has 1 aliphatic rings. The Morgan fingerprint density at radius 1 is 1.41 bits per heavy atom. The molecule has 0 saturated carbocycles. The average molecular weight is 235 g/mol. The molecule has 0 bridgehead atoms. The van der Waals surface area contributed by atoms with Crippen LogP contribution in [0.3, 0.4) is 0 Å². The second-order valence-electron chi connectivity index (χ2n) is 4.61. The van der Waals surface area contributed by atoms with Crippen LogP contribution in [-0.4, -0.2) is 36.3 Å². The number of hydrogen-bond donors (Lipinski definition) is 1. The number of rotatable bonds is 5. The van der Waals surface area contributed by atoms with Crippen molar-refractivity contribution >= 4 is 0 Å². The predicted molar refractivity (Wildman–Crippen MR) is 68.1 cm³/mol. The fourth-order valence-corrected chi connectivity index (χ4v) is 2.38. The van der Waals surface area contributed by atoms with Gasteiger partial charge in [0.1, 0.15) is 5.75 Å². The first kappa shape index (κ1) is 12.4. The number of para-hydroxylation sites is 1. The summed E-state index contributed by atoms with van der Waals surface area (Å²) in [5.74, 6) is 1.44. The van der Waals surface area contributed by atoms with Gasteiger partial charge in [0.05, 0.1) is 6.61 Å². The highest BCUT2D eigenvalue weighted by atomic mass is 16.5. The Morgan fingerprint density at radius 3 is 2.94 bits per heavy atom. The van der Waals surface area contributed by atoms with Crippen molar-refractivity contribution in [3.63, 3.8) is 0 Å². The van der Waals surface area contributed by atoms with Crippen LogP contribution in [0.2, 0.25) is 0 Å². The molecular formula is C14H21NO2. The summed E-state index contributed by atoms with van der Waals surface area (Å²) in [6, 6.07) is 8.21. The molecule has 1 aromatic carbocycles. The molecule has 0 amide bonds. The van der Waals surface area contributed by atoms with E-state index in [9.17, 15) is 0 Å². The van der Waals surface area contributed by atoms with E-state index < -0.39 is 0 Å². The number of aliphatic hydroxyl groups is 1. The highest BCUT2D eigenvalue weighted by Gasteiger charge is 2.22. The molecule has 0 aromatic heterocycles. The van der Waals surface area contributed by atoms with Crippen LogP contribution in [0.1, 0.15) is 18.9 Å². The lowest BCUT2D eigenvalue weighted by molar-refractivity contribution is 0.219. The molecule has 1 fully saturated rings. The zero-order chi connectivity index (χ0) is 12.1. The third-order valence-electron chi connectivity index (χ3n) is 3.29. The molecule has 2 rings (SSSR count). The minimum atomic E-state index is 0.309. The second-order valence-corrected chi connectivity index (χ2v) is 4.61. The average Bonchev–Trinajstić information content (AvgIpc) is 2.80. The van der Waals surface area contributed by atoms with E-state index in [1.54, 1.807) is 0 Å². The van der Waals surface area contributed by atoms with Gasteiger partial charge in [-0.05, 0) is 31.9 Å². The molecule has 1 aliphatic heterocycles. The Kier molecular flexibility index (Phi) is 4.40. The smallest absolute Gasteiger partial charge is 0.123 e. The van der Waals surface area contributed by atoms with E-state index in [2.05, 4.69) is 17.0 Å². The Labute approximate surface area is 103 Å². The summed E-state index contributed by atoms with van der Waals surface area (Å²) in [7, 11) is 0. The van der Waals surface area contributed by atoms with Crippen molar-refractivity contribution in [3.8, 4) is 5.75 Å². The van der Waals surface area contributed by atoms with Crippen LogP contribution in [0.5, 0.6) is 5.75 Å². The summed E-state index contributed by atoms with van der Waals surface area (Å²) in [5, 5.41) is 9.14. The van der Waals surface area contributed by atoms with Gasteiger partial charge in [0.25, 0.3) is 0 Å². The van der Waals surface area contributed by atoms with Crippen LogP contribution in [-0.2, 0) is 6.54 Å². The third kappa shape index (κ3) is 3.20. The fourth-order valence-electron chi connectivity index (χ4n) is 2.38. The predicted octanol–water partition coefficient (Wildman–Crippen LogP) is 1.90. The second kappa shape index (κ2) is 6.03. The van der Waals surface area contributed by atoms with E-state index in [0.717, 1.165) is 31.8 Å². The SMILES string of the molecule is CCOc1ccccc1CN1CC[C@H](CO)C1. The van der Waals surface area contributed by atoms with Crippen molar-refractivity contribution in [2.45, 2.75) is 19.9 Å². The lowest BCUT2D eigenvalue weighted by Gasteiger charge is -2.18. The number of ether oxygens (including phenoxy) is 1. The first-order valence-electron chi connectivity index (χ1n) is 6.37. The molecule has 1 aromatic rings. The fraction of sp³-hybridized carbons (Fsp3) is 0.571. The van der Waals surface area contributed by atoms with Crippen molar-refractivity contribution < 1.29 is 9.84 Å². The van der Waals surface area contributed by atoms with E-state index in [1.165, 1.54) is 5.56 Å². The minimum Gasteiger partial charge on any atom is -0.494 e. The van der Waals surface area contributed by atoms with E-state index in [-0.39, 0.29) is 0 Å². The number of hydrogen-bond acceptors (Lipinski definition) is 3. The molecule has 17 heavy (non-hydrogen) atoms. The van der Waals surface area contributed by atoms with Gasteiger partial charge in [-0.15, -0.1) is 0 Å². The highest BCUT2D eigenvalue weighted by Crippen LogP contribution is 2.23. The summed E-state index contributed by atoms with van der Waals surface area (Å²) in [6.07, 6.45) is 1.10. The standard InChI is InChI=1S/C14H21NO2/c1-2-17-14-6-4-3-5-13(14)10-15-8-7-12(9-15)11-16/h3-6,12,16H,2,7-11H2,1H3/t12-/m0/s1. The molecule has 94 valence electrons. The van der Waals surface area contributed by atoms with Gasteiger partial charge in [0, 0.05) is 25.3 Å². The molecular weight excluding hydrogens is 214 g/mol. The summed E-state index contributed by atoms with van der Waals surface area (Å²) < 4.78 is 5.62. The summed E-state index contributed by atoms with van der Waals surface area (Å²) >= 11 is 0. The van der Waals surface area contributed by atoms with Crippen LogP contribution in [0.15, 0.2) is 24.3 Å². The molecule has 1 N–H and O–H groups in total. The maximum absolute atomic E-state index is 9.14. The van der Waals surface area contributed by atoms with Gasteiger partial charge in [-0.1, -0.05) is 18.2 Å². The van der Waals surface area contributed by atoms with Gasteiger partial charge < -0.3 is 9.84 Å². The molecule has 1 atom stereocenters. The minimum absolute atomic E-state index is 0.309. The van der Waals surface area contributed by atoms with Gasteiger partial charge in [-0.3, -0.25) is 4.90 Å². The topological polar surface area (TPSA) is 32.7 Å². The van der Waals surface area contributed by atoms with Gasteiger partial charge in [-0.25, -0.2) is 0 Å².